The predicted octanol–water partition coefficient (Wildman–Crippen LogP) is 4.68. The van der Waals surface area contributed by atoms with Gasteiger partial charge in [-0.2, -0.15) is 0 Å². The quantitative estimate of drug-likeness (QED) is 0.813. The van der Waals surface area contributed by atoms with Crippen LogP contribution < -0.4 is 5.32 Å². The molecule has 1 heterocycles. The minimum Gasteiger partial charge on any atom is -0.306 e. The standard InChI is InChI=1S/C16H25NS/c1-11-9-10-15(18-11)12(2)17-16(13-5-3-6-13)14-7-4-8-14/h9-10,12-14,16-17H,3-8H2,1-2H3. The second-order valence-corrected chi connectivity index (χ2v) is 7.56. The van der Waals surface area contributed by atoms with Crippen molar-refractivity contribution in [2.24, 2.45) is 11.8 Å². The van der Waals surface area contributed by atoms with Crippen molar-refractivity contribution in [3.8, 4) is 0 Å². The van der Waals surface area contributed by atoms with E-state index in [9.17, 15) is 0 Å². The summed E-state index contributed by atoms with van der Waals surface area (Å²) >= 11 is 1.95. The van der Waals surface area contributed by atoms with Gasteiger partial charge >= 0.3 is 0 Å². The summed E-state index contributed by atoms with van der Waals surface area (Å²) in [5, 5.41) is 3.96. The fraction of sp³-hybridized carbons (Fsp3) is 0.750. The molecule has 2 aliphatic rings. The molecule has 0 saturated heterocycles. The number of thiophene rings is 1. The molecule has 1 atom stereocenters. The van der Waals surface area contributed by atoms with E-state index in [2.05, 4.69) is 31.3 Å². The molecule has 0 aliphatic heterocycles. The first kappa shape index (κ1) is 12.7. The van der Waals surface area contributed by atoms with Gasteiger partial charge in [0.05, 0.1) is 0 Å². The summed E-state index contributed by atoms with van der Waals surface area (Å²) in [6.45, 7) is 4.55. The lowest BCUT2D eigenvalue weighted by atomic mass is 9.68. The van der Waals surface area contributed by atoms with E-state index in [0.717, 1.165) is 17.9 Å². The van der Waals surface area contributed by atoms with Crippen LogP contribution in [0.4, 0.5) is 0 Å². The van der Waals surface area contributed by atoms with Gasteiger partial charge in [-0.15, -0.1) is 11.3 Å². The van der Waals surface area contributed by atoms with E-state index in [1.54, 1.807) is 0 Å². The second kappa shape index (κ2) is 5.34. The Morgan fingerprint density at radius 2 is 1.72 bits per heavy atom. The first-order chi connectivity index (χ1) is 8.74. The monoisotopic (exact) mass is 263 g/mol. The van der Waals surface area contributed by atoms with E-state index in [1.165, 1.54) is 48.3 Å². The predicted molar refractivity (Wildman–Crippen MR) is 79.1 cm³/mol. The van der Waals surface area contributed by atoms with E-state index in [4.69, 9.17) is 0 Å². The van der Waals surface area contributed by atoms with Gasteiger partial charge in [0, 0.05) is 21.8 Å². The fourth-order valence-electron chi connectivity index (χ4n) is 3.31. The Balaban J connectivity index is 1.64. The van der Waals surface area contributed by atoms with Crippen LogP contribution in [0, 0.1) is 18.8 Å². The summed E-state index contributed by atoms with van der Waals surface area (Å²) < 4.78 is 0. The number of hydrogen-bond donors (Lipinski definition) is 1. The largest absolute Gasteiger partial charge is 0.306 e. The fourth-order valence-corrected chi connectivity index (χ4v) is 4.20. The zero-order chi connectivity index (χ0) is 12.5. The van der Waals surface area contributed by atoms with Crippen LogP contribution in [0.2, 0.25) is 0 Å². The van der Waals surface area contributed by atoms with Gasteiger partial charge in [0.25, 0.3) is 0 Å². The number of aryl methyl sites for hydroxylation is 1. The van der Waals surface area contributed by atoms with Crippen molar-refractivity contribution >= 4 is 11.3 Å². The molecule has 1 aromatic heterocycles. The molecule has 1 nitrogen and oxygen atoms in total. The van der Waals surface area contributed by atoms with Crippen molar-refractivity contribution in [2.75, 3.05) is 0 Å². The Hall–Kier alpha value is -0.340. The van der Waals surface area contributed by atoms with Crippen molar-refractivity contribution in [2.45, 2.75) is 64.5 Å². The Bertz CT molecular complexity index is 376. The van der Waals surface area contributed by atoms with Gasteiger partial charge < -0.3 is 5.32 Å². The maximum Gasteiger partial charge on any atom is 0.0388 e. The summed E-state index contributed by atoms with van der Waals surface area (Å²) in [6, 6.07) is 5.88. The van der Waals surface area contributed by atoms with Crippen molar-refractivity contribution in [3.63, 3.8) is 0 Å². The van der Waals surface area contributed by atoms with Gasteiger partial charge in [-0.05, 0) is 63.5 Å². The van der Waals surface area contributed by atoms with E-state index in [-0.39, 0.29) is 0 Å². The molecule has 2 aliphatic carbocycles. The summed E-state index contributed by atoms with van der Waals surface area (Å²) in [5.41, 5.74) is 0. The van der Waals surface area contributed by atoms with E-state index in [0.29, 0.717) is 6.04 Å². The highest BCUT2D eigenvalue weighted by Crippen LogP contribution is 2.41. The molecule has 1 unspecified atom stereocenters. The van der Waals surface area contributed by atoms with Gasteiger partial charge in [0.1, 0.15) is 0 Å². The van der Waals surface area contributed by atoms with Crippen LogP contribution in [-0.4, -0.2) is 6.04 Å². The molecule has 1 N–H and O–H groups in total. The lowest BCUT2D eigenvalue weighted by Gasteiger charge is -2.44. The Morgan fingerprint density at radius 1 is 1.11 bits per heavy atom. The summed E-state index contributed by atoms with van der Waals surface area (Å²) in [7, 11) is 0. The van der Waals surface area contributed by atoms with Crippen molar-refractivity contribution in [1.82, 2.24) is 5.32 Å². The van der Waals surface area contributed by atoms with Crippen LogP contribution in [0.5, 0.6) is 0 Å². The molecule has 0 bridgehead atoms. The lowest BCUT2D eigenvalue weighted by Crippen LogP contribution is -2.47. The van der Waals surface area contributed by atoms with Crippen LogP contribution in [0.3, 0.4) is 0 Å². The first-order valence-electron chi connectivity index (χ1n) is 7.56. The minimum atomic E-state index is 0.537. The second-order valence-electron chi connectivity index (χ2n) is 6.24. The molecule has 0 spiro atoms. The summed E-state index contributed by atoms with van der Waals surface area (Å²) in [4.78, 5) is 2.94. The highest BCUT2D eigenvalue weighted by molar-refractivity contribution is 7.12. The highest BCUT2D eigenvalue weighted by atomic mass is 32.1. The Kier molecular flexibility index (Phi) is 3.76. The molecule has 2 fully saturated rings. The van der Waals surface area contributed by atoms with Crippen molar-refractivity contribution in [3.05, 3.63) is 21.9 Å². The SMILES string of the molecule is Cc1ccc(C(C)NC(C2CCC2)C2CCC2)s1. The normalized spacial score (nSPS) is 22.8. The molecule has 0 amide bonds. The third-order valence-corrected chi connectivity index (χ3v) is 6.13. The van der Waals surface area contributed by atoms with Gasteiger partial charge in [0.15, 0.2) is 0 Å². The minimum absolute atomic E-state index is 0.537. The molecular formula is C16H25NS. The molecular weight excluding hydrogens is 238 g/mol. The zero-order valence-electron chi connectivity index (χ0n) is 11.6. The molecule has 3 rings (SSSR count). The van der Waals surface area contributed by atoms with Crippen LogP contribution in [0.25, 0.3) is 0 Å². The Morgan fingerprint density at radius 3 is 2.11 bits per heavy atom. The van der Waals surface area contributed by atoms with Gasteiger partial charge in [-0.1, -0.05) is 12.8 Å². The average Bonchev–Trinajstić information content (AvgIpc) is 2.59. The topological polar surface area (TPSA) is 12.0 Å². The zero-order valence-corrected chi connectivity index (χ0v) is 12.4. The van der Waals surface area contributed by atoms with Crippen molar-refractivity contribution < 1.29 is 0 Å². The van der Waals surface area contributed by atoms with Crippen LogP contribution in [0.1, 0.15) is 61.2 Å². The molecule has 0 aromatic carbocycles. The average molecular weight is 263 g/mol. The Labute approximate surface area is 115 Å². The first-order valence-corrected chi connectivity index (χ1v) is 8.38. The maximum atomic E-state index is 3.96. The van der Waals surface area contributed by atoms with Crippen LogP contribution in [-0.2, 0) is 0 Å². The smallest absolute Gasteiger partial charge is 0.0388 e. The highest BCUT2D eigenvalue weighted by Gasteiger charge is 2.36. The number of nitrogens with one attached hydrogen (secondary N) is 1. The molecule has 1 aromatic rings. The van der Waals surface area contributed by atoms with Gasteiger partial charge in [0.2, 0.25) is 0 Å². The van der Waals surface area contributed by atoms with Gasteiger partial charge in [-0.3, -0.25) is 0 Å². The summed E-state index contributed by atoms with van der Waals surface area (Å²) in [5.74, 6) is 1.94. The van der Waals surface area contributed by atoms with E-state index in [1.807, 2.05) is 11.3 Å². The molecule has 100 valence electrons. The third-order valence-electron chi connectivity index (χ3n) is 4.95. The van der Waals surface area contributed by atoms with Gasteiger partial charge in [-0.25, -0.2) is 0 Å². The van der Waals surface area contributed by atoms with E-state index < -0.39 is 0 Å². The number of hydrogen-bond acceptors (Lipinski definition) is 2. The van der Waals surface area contributed by atoms with Crippen molar-refractivity contribution in [1.29, 1.82) is 0 Å². The molecule has 2 saturated carbocycles. The van der Waals surface area contributed by atoms with Crippen LogP contribution in [0.15, 0.2) is 12.1 Å². The third kappa shape index (κ3) is 2.50. The molecule has 0 radical (unpaired) electrons. The maximum absolute atomic E-state index is 3.96. The van der Waals surface area contributed by atoms with E-state index >= 15 is 0 Å². The molecule has 18 heavy (non-hydrogen) atoms. The lowest BCUT2D eigenvalue weighted by molar-refractivity contribution is 0.115. The van der Waals surface area contributed by atoms with Crippen LogP contribution >= 0.6 is 11.3 Å². The summed E-state index contributed by atoms with van der Waals surface area (Å²) in [6.07, 6.45) is 8.77. The molecule has 2 heteroatoms. The number of rotatable bonds is 5.